The number of methoxy groups -OCH3 is 1. The summed E-state index contributed by atoms with van der Waals surface area (Å²) < 4.78 is 48.4. The molecule has 0 radical (unpaired) electrons. The molecule has 8 nitrogen and oxygen atoms in total. The van der Waals surface area contributed by atoms with Crippen LogP contribution in [0.4, 0.5) is 10.1 Å². The summed E-state index contributed by atoms with van der Waals surface area (Å²) in [5.41, 5.74) is 0.463. The van der Waals surface area contributed by atoms with E-state index in [1.165, 1.54) is 30.2 Å². The van der Waals surface area contributed by atoms with Gasteiger partial charge in [0.05, 0.1) is 17.7 Å². The Bertz CT molecular complexity index is 1410. The molecule has 1 N–H and O–H groups in total. The van der Waals surface area contributed by atoms with E-state index in [1.807, 2.05) is 0 Å². The molecule has 1 aliphatic rings. The minimum atomic E-state index is -4.18. The highest BCUT2D eigenvalue weighted by atomic mass is 32.2. The van der Waals surface area contributed by atoms with Crippen molar-refractivity contribution in [2.75, 3.05) is 18.0 Å². The molecule has 4 rings (SSSR count). The number of carbonyl (C=O) groups excluding carboxylic acids is 2. The number of nitrogens with one attached hydrogen (secondary N) is 1. The molecule has 40 heavy (non-hydrogen) atoms. The summed E-state index contributed by atoms with van der Waals surface area (Å²) in [4.78, 5) is 28.4. The van der Waals surface area contributed by atoms with Crippen molar-refractivity contribution in [2.45, 2.75) is 56.1 Å². The molecule has 1 atom stereocenters. The van der Waals surface area contributed by atoms with Gasteiger partial charge in [0, 0.05) is 18.2 Å². The van der Waals surface area contributed by atoms with Crippen LogP contribution in [-0.4, -0.2) is 50.9 Å². The Kier molecular flexibility index (Phi) is 9.42. The molecule has 212 valence electrons. The molecule has 3 aromatic carbocycles. The molecular formula is C30H34FN3O5S. The third-order valence-corrected chi connectivity index (χ3v) is 8.93. The molecule has 0 spiro atoms. The number of anilines is 1. The van der Waals surface area contributed by atoms with Gasteiger partial charge >= 0.3 is 0 Å². The van der Waals surface area contributed by atoms with E-state index < -0.39 is 34.3 Å². The normalized spacial score (nSPS) is 14.4. The highest BCUT2D eigenvalue weighted by molar-refractivity contribution is 7.92. The minimum absolute atomic E-state index is 0.00583. The zero-order valence-corrected chi connectivity index (χ0v) is 23.4. The average molecular weight is 568 g/mol. The number of ether oxygens (including phenoxy) is 1. The fourth-order valence-corrected chi connectivity index (χ4v) is 6.22. The first-order valence-electron chi connectivity index (χ1n) is 13.3. The number of hydrogen-bond acceptors (Lipinski definition) is 5. The molecule has 0 saturated heterocycles. The number of rotatable bonds is 11. The lowest BCUT2D eigenvalue weighted by atomic mass is 10.1. The monoisotopic (exact) mass is 567 g/mol. The maximum Gasteiger partial charge on any atom is 0.264 e. The predicted molar refractivity (Wildman–Crippen MR) is 151 cm³/mol. The third-order valence-electron chi connectivity index (χ3n) is 7.14. The highest BCUT2D eigenvalue weighted by Gasteiger charge is 2.33. The summed E-state index contributed by atoms with van der Waals surface area (Å²) >= 11 is 0. The molecular weight excluding hydrogens is 533 g/mol. The van der Waals surface area contributed by atoms with Gasteiger partial charge in [-0.05, 0) is 62.2 Å². The molecule has 0 aliphatic heterocycles. The van der Waals surface area contributed by atoms with Gasteiger partial charge in [0.25, 0.3) is 10.0 Å². The number of amides is 2. The van der Waals surface area contributed by atoms with Crippen molar-refractivity contribution >= 4 is 27.5 Å². The van der Waals surface area contributed by atoms with Crippen LogP contribution in [0.2, 0.25) is 0 Å². The van der Waals surface area contributed by atoms with Gasteiger partial charge in [0.1, 0.15) is 24.2 Å². The summed E-state index contributed by atoms with van der Waals surface area (Å²) in [6.45, 7) is 0.776. The van der Waals surface area contributed by atoms with E-state index in [2.05, 4.69) is 5.32 Å². The Morgan fingerprint density at radius 3 is 2.23 bits per heavy atom. The summed E-state index contributed by atoms with van der Waals surface area (Å²) in [5, 5.41) is 3.00. The van der Waals surface area contributed by atoms with Gasteiger partial charge in [-0.3, -0.25) is 13.9 Å². The summed E-state index contributed by atoms with van der Waals surface area (Å²) in [6, 6.07) is 19.1. The topological polar surface area (TPSA) is 96.0 Å². The van der Waals surface area contributed by atoms with Crippen molar-refractivity contribution in [1.82, 2.24) is 10.2 Å². The molecule has 2 amide bonds. The number of sulfonamides is 1. The maximum atomic E-state index is 14.7. The lowest BCUT2D eigenvalue weighted by molar-refractivity contribution is -0.139. The molecule has 1 unspecified atom stereocenters. The van der Waals surface area contributed by atoms with E-state index in [4.69, 9.17) is 4.74 Å². The van der Waals surface area contributed by atoms with Crippen molar-refractivity contribution in [2.24, 2.45) is 0 Å². The Hall–Kier alpha value is -3.92. The second-order valence-corrected chi connectivity index (χ2v) is 11.7. The van der Waals surface area contributed by atoms with Gasteiger partial charge in [-0.2, -0.15) is 0 Å². The van der Waals surface area contributed by atoms with Crippen LogP contribution in [0.15, 0.2) is 83.8 Å². The van der Waals surface area contributed by atoms with E-state index in [1.54, 1.807) is 67.6 Å². The summed E-state index contributed by atoms with van der Waals surface area (Å²) in [5.74, 6) is -1.01. The predicted octanol–water partition coefficient (Wildman–Crippen LogP) is 4.51. The van der Waals surface area contributed by atoms with Crippen LogP contribution >= 0.6 is 0 Å². The molecule has 1 aliphatic carbocycles. The molecule has 3 aromatic rings. The van der Waals surface area contributed by atoms with Crippen LogP contribution in [0.3, 0.4) is 0 Å². The lowest BCUT2D eigenvalue weighted by Crippen LogP contribution is -2.52. The van der Waals surface area contributed by atoms with E-state index in [0.29, 0.717) is 5.75 Å². The molecule has 0 bridgehead atoms. The second-order valence-electron chi connectivity index (χ2n) is 9.80. The van der Waals surface area contributed by atoms with Crippen LogP contribution < -0.4 is 14.4 Å². The van der Waals surface area contributed by atoms with Crippen molar-refractivity contribution in [3.05, 3.63) is 90.2 Å². The van der Waals surface area contributed by atoms with Crippen LogP contribution in [0.1, 0.15) is 38.2 Å². The van der Waals surface area contributed by atoms with E-state index in [-0.39, 0.29) is 34.6 Å². The standard InChI is InChI=1S/C30H34FN3O5S/c1-22(30(36)32-24-11-7-8-12-24)33(20-23-10-6-9-15-28(23)31)29(35)21-34(25-16-18-26(39-2)19-17-25)40(37,38)27-13-4-3-5-14-27/h3-6,9-10,13-19,22,24H,7-8,11-12,20-21H2,1-2H3,(H,32,36). The first-order valence-corrected chi connectivity index (χ1v) is 14.7. The van der Waals surface area contributed by atoms with Crippen LogP contribution in [0.5, 0.6) is 5.75 Å². The van der Waals surface area contributed by atoms with Gasteiger partial charge in [-0.25, -0.2) is 12.8 Å². The Balaban J connectivity index is 1.68. The molecule has 0 aromatic heterocycles. The van der Waals surface area contributed by atoms with Gasteiger partial charge in [-0.1, -0.05) is 49.2 Å². The zero-order valence-electron chi connectivity index (χ0n) is 22.6. The first kappa shape index (κ1) is 29.1. The molecule has 1 fully saturated rings. The largest absolute Gasteiger partial charge is 0.497 e. The van der Waals surface area contributed by atoms with Crippen LogP contribution in [0, 0.1) is 5.82 Å². The van der Waals surface area contributed by atoms with Gasteiger partial charge < -0.3 is 15.0 Å². The minimum Gasteiger partial charge on any atom is -0.497 e. The molecule has 1 saturated carbocycles. The number of halogens is 1. The smallest absolute Gasteiger partial charge is 0.264 e. The maximum absolute atomic E-state index is 14.7. The Morgan fingerprint density at radius 2 is 1.60 bits per heavy atom. The van der Waals surface area contributed by atoms with Crippen LogP contribution in [0.25, 0.3) is 0 Å². The fraction of sp³-hybridized carbons (Fsp3) is 0.333. The van der Waals surface area contributed by atoms with Gasteiger partial charge in [0.2, 0.25) is 11.8 Å². The van der Waals surface area contributed by atoms with Gasteiger partial charge in [-0.15, -0.1) is 0 Å². The number of benzene rings is 3. The van der Waals surface area contributed by atoms with E-state index in [9.17, 15) is 22.4 Å². The molecule has 0 heterocycles. The highest BCUT2D eigenvalue weighted by Crippen LogP contribution is 2.27. The lowest BCUT2D eigenvalue weighted by Gasteiger charge is -2.32. The third kappa shape index (κ3) is 6.80. The first-order chi connectivity index (χ1) is 19.2. The number of hydrogen-bond donors (Lipinski definition) is 1. The van der Waals surface area contributed by atoms with E-state index >= 15 is 0 Å². The molecule has 10 heteroatoms. The van der Waals surface area contributed by atoms with Crippen molar-refractivity contribution in [3.63, 3.8) is 0 Å². The Labute approximate surface area is 234 Å². The Morgan fingerprint density at radius 1 is 0.975 bits per heavy atom. The van der Waals surface area contributed by atoms with E-state index in [0.717, 1.165) is 30.0 Å². The van der Waals surface area contributed by atoms with Crippen LogP contribution in [-0.2, 0) is 26.2 Å². The zero-order chi connectivity index (χ0) is 28.7. The fourth-order valence-electron chi connectivity index (χ4n) is 4.78. The summed E-state index contributed by atoms with van der Waals surface area (Å²) in [6.07, 6.45) is 3.76. The SMILES string of the molecule is COc1ccc(N(CC(=O)N(Cc2ccccc2F)C(C)C(=O)NC2CCCC2)S(=O)(=O)c2ccccc2)cc1. The van der Waals surface area contributed by atoms with Crippen molar-refractivity contribution in [1.29, 1.82) is 0 Å². The van der Waals surface area contributed by atoms with Gasteiger partial charge in [0.15, 0.2) is 0 Å². The average Bonchev–Trinajstić information content (AvgIpc) is 3.48. The summed E-state index contributed by atoms with van der Waals surface area (Å²) in [7, 11) is -2.68. The number of nitrogens with zero attached hydrogens (tertiary/aromatic N) is 2. The van der Waals surface area contributed by atoms with Crippen molar-refractivity contribution in [3.8, 4) is 5.75 Å². The second kappa shape index (κ2) is 13.0. The van der Waals surface area contributed by atoms with Crippen molar-refractivity contribution < 1.29 is 27.1 Å². The number of carbonyl (C=O) groups is 2. The quantitative estimate of drug-likeness (QED) is 0.368.